The molecule has 0 aliphatic rings. The highest BCUT2D eigenvalue weighted by atomic mass is 35.5. The largest absolute Gasteiger partial charge is 0.480 e. The highest BCUT2D eigenvalue weighted by Crippen LogP contribution is 2.25. The number of pyridine rings is 1. The highest BCUT2D eigenvalue weighted by molar-refractivity contribution is 6.31. The molecule has 1 amide bonds. The number of carboxylic acid groups (broad SMARTS) is 1. The zero-order valence-corrected chi connectivity index (χ0v) is 17.5. The molecule has 160 valence electrons. The number of hydrogen-bond acceptors (Lipinski definition) is 3. The van der Waals surface area contributed by atoms with Crippen molar-refractivity contribution in [1.29, 1.82) is 0 Å². The van der Waals surface area contributed by atoms with Gasteiger partial charge in [-0.2, -0.15) is 0 Å². The SMILES string of the molecule is O=C(NC(Cc1ccc(-c2ccc(F)c(Cl)c2)cc1)C(=O)O)c1cc2ccccc2cn1. The summed E-state index contributed by atoms with van der Waals surface area (Å²) in [5.41, 5.74) is 2.43. The van der Waals surface area contributed by atoms with Crippen LogP contribution in [-0.2, 0) is 11.2 Å². The van der Waals surface area contributed by atoms with Crippen LogP contribution in [0.25, 0.3) is 21.9 Å². The number of benzene rings is 3. The monoisotopic (exact) mass is 448 g/mol. The lowest BCUT2D eigenvalue weighted by molar-refractivity contribution is -0.139. The molecule has 0 saturated carbocycles. The summed E-state index contributed by atoms with van der Waals surface area (Å²) >= 11 is 5.84. The second-order valence-electron chi connectivity index (χ2n) is 7.31. The fourth-order valence-electron chi connectivity index (χ4n) is 3.38. The van der Waals surface area contributed by atoms with E-state index in [0.717, 1.165) is 27.5 Å². The number of hydrogen-bond donors (Lipinski definition) is 2. The van der Waals surface area contributed by atoms with E-state index >= 15 is 0 Å². The number of fused-ring (bicyclic) bond motifs is 1. The first-order valence-corrected chi connectivity index (χ1v) is 10.2. The third kappa shape index (κ3) is 4.76. The molecule has 2 N–H and O–H groups in total. The summed E-state index contributed by atoms with van der Waals surface area (Å²) in [7, 11) is 0. The van der Waals surface area contributed by atoms with Crippen molar-refractivity contribution in [2.24, 2.45) is 0 Å². The van der Waals surface area contributed by atoms with Crippen LogP contribution in [0.4, 0.5) is 4.39 Å². The maximum Gasteiger partial charge on any atom is 0.326 e. The van der Waals surface area contributed by atoms with E-state index in [0.29, 0.717) is 0 Å². The normalized spacial score (nSPS) is 11.8. The summed E-state index contributed by atoms with van der Waals surface area (Å²) in [6.07, 6.45) is 1.68. The number of halogens is 2. The van der Waals surface area contributed by atoms with Gasteiger partial charge in [0.05, 0.1) is 5.02 Å². The number of rotatable bonds is 6. The topological polar surface area (TPSA) is 79.3 Å². The fraction of sp³-hybridized carbons (Fsp3) is 0.0800. The molecule has 5 nitrogen and oxygen atoms in total. The number of aliphatic carboxylic acids is 1. The predicted octanol–water partition coefficient (Wildman–Crippen LogP) is 5.12. The van der Waals surface area contributed by atoms with Gasteiger partial charge in [0, 0.05) is 18.0 Å². The average Bonchev–Trinajstić information content (AvgIpc) is 2.80. The number of carboxylic acids is 1. The number of carbonyl (C=O) groups is 2. The van der Waals surface area contributed by atoms with Gasteiger partial charge < -0.3 is 10.4 Å². The number of nitrogens with one attached hydrogen (secondary N) is 1. The molecule has 3 aromatic carbocycles. The minimum atomic E-state index is -1.14. The summed E-state index contributed by atoms with van der Waals surface area (Å²) in [5.74, 6) is -2.19. The van der Waals surface area contributed by atoms with Crippen LogP contribution in [0.3, 0.4) is 0 Å². The second kappa shape index (κ2) is 9.16. The molecule has 7 heteroatoms. The van der Waals surface area contributed by atoms with Crippen molar-refractivity contribution in [3.8, 4) is 11.1 Å². The van der Waals surface area contributed by atoms with Crippen LogP contribution in [0.1, 0.15) is 16.1 Å². The van der Waals surface area contributed by atoms with Gasteiger partial charge in [-0.15, -0.1) is 0 Å². The summed E-state index contributed by atoms with van der Waals surface area (Å²) in [6.45, 7) is 0. The van der Waals surface area contributed by atoms with Crippen molar-refractivity contribution >= 4 is 34.2 Å². The number of amides is 1. The lowest BCUT2D eigenvalue weighted by atomic mass is 10.0. The molecule has 1 heterocycles. The van der Waals surface area contributed by atoms with Gasteiger partial charge in [0.1, 0.15) is 17.6 Å². The number of nitrogens with zero attached hydrogens (tertiary/aromatic N) is 1. The Kier molecular flexibility index (Phi) is 6.14. The molecule has 1 atom stereocenters. The van der Waals surface area contributed by atoms with E-state index in [-0.39, 0.29) is 17.1 Å². The third-order valence-electron chi connectivity index (χ3n) is 5.11. The molecule has 0 aliphatic heterocycles. The van der Waals surface area contributed by atoms with E-state index in [1.54, 1.807) is 42.6 Å². The van der Waals surface area contributed by atoms with Gasteiger partial charge >= 0.3 is 5.97 Å². The summed E-state index contributed by atoms with van der Waals surface area (Å²) in [6, 6.07) is 19.5. The third-order valence-corrected chi connectivity index (χ3v) is 5.40. The zero-order valence-electron chi connectivity index (χ0n) is 16.8. The molecule has 0 bridgehead atoms. The standard InChI is InChI=1S/C25H18ClFN2O3/c26-20-12-18(9-10-21(20)27)16-7-5-15(6-8-16)11-23(25(31)32)29-24(30)22-13-17-3-1-2-4-19(17)14-28-22/h1-10,12-14,23H,11H2,(H,29,30)(H,31,32). The van der Waals surface area contributed by atoms with Gasteiger partial charge in [0.15, 0.2) is 0 Å². The van der Waals surface area contributed by atoms with Crippen LogP contribution in [0.5, 0.6) is 0 Å². The zero-order chi connectivity index (χ0) is 22.7. The number of carbonyl (C=O) groups excluding carboxylic acids is 1. The molecular weight excluding hydrogens is 431 g/mol. The molecular formula is C25H18ClFN2O3. The fourth-order valence-corrected chi connectivity index (χ4v) is 3.57. The predicted molar refractivity (Wildman–Crippen MR) is 121 cm³/mol. The molecule has 1 unspecified atom stereocenters. The van der Waals surface area contributed by atoms with Gasteiger partial charge in [0.25, 0.3) is 5.91 Å². The van der Waals surface area contributed by atoms with Crippen LogP contribution in [0, 0.1) is 5.82 Å². The maximum absolute atomic E-state index is 13.4. The highest BCUT2D eigenvalue weighted by Gasteiger charge is 2.22. The van der Waals surface area contributed by atoms with Crippen molar-refractivity contribution in [2.75, 3.05) is 0 Å². The maximum atomic E-state index is 13.4. The van der Waals surface area contributed by atoms with E-state index < -0.39 is 23.7 Å². The molecule has 0 spiro atoms. The van der Waals surface area contributed by atoms with Crippen molar-refractivity contribution in [3.05, 3.63) is 101 Å². The Morgan fingerprint density at radius 1 is 0.969 bits per heavy atom. The molecule has 32 heavy (non-hydrogen) atoms. The van der Waals surface area contributed by atoms with Crippen molar-refractivity contribution in [3.63, 3.8) is 0 Å². The van der Waals surface area contributed by atoms with Crippen LogP contribution < -0.4 is 5.32 Å². The molecule has 0 saturated heterocycles. The Labute approximate surface area is 188 Å². The first-order chi connectivity index (χ1) is 15.4. The first kappa shape index (κ1) is 21.5. The van der Waals surface area contributed by atoms with Crippen LogP contribution in [0.2, 0.25) is 5.02 Å². The average molecular weight is 449 g/mol. The van der Waals surface area contributed by atoms with Crippen molar-refractivity contribution < 1.29 is 19.1 Å². The lowest BCUT2D eigenvalue weighted by Gasteiger charge is -2.15. The number of aromatic nitrogens is 1. The molecule has 4 aromatic rings. The quantitative estimate of drug-likeness (QED) is 0.429. The van der Waals surface area contributed by atoms with Gasteiger partial charge in [-0.3, -0.25) is 9.78 Å². The van der Waals surface area contributed by atoms with E-state index in [1.807, 2.05) is 24.3 Å². The molecule has 0 fully saturated rings. The van der Waals surface area contributed by atoms with Gasteiger partial charge in [-0.25, -0.2) is 9.18 Å². The second-order valence-corrected chi connectivity index (χ2v) is 7.72. The van der Waals surface area contributed by atoms with Gasteiger partial charge in [0.2, 0.25) is 0 Å². The van der Waals surface area contributed by atoms with Gasteiger partial charge in [-0.05, 0) is 40.3 Å². The Balaban J connectivity index is 1.48. The van der Waals surface area contributed by atoms with Crippen molar-refractivity contribution in [2.45, 2.75) is 12.5 Å². The Bertz CT molecular complexity index is 1310. The molecule has 1 aromatic heterocycles. The summed E-state index contributed by atoms with van der Waals surface area (Å²) in [4.78, 5) is 28.5. The summed E-state index contributed by atoms with van der Waals surface area (Å²) in [5, 5.41) is 13.9. The minimum Gasteiger partial charge on any atom is -0.480 e. The van der Waals surface area contributed by atoms with Crippen LogP contribution >= 0.6 is 11.6 Å². The van der Waals surface area contributed by atoms with E-state index in [1.165, 1.54) is 12.1 Å². The van der Waals surface area contributed by atoms with Crippen molar-refractivity contribution in [1.82, 2.24) is 10.3 Å². The minimum absolute atomic E-state index is 0.0301. The molecule has 0 aliphatic carbocycles. The lowest BCUT2D eigenvalue weighted by Crippen LogP contribution is -2.42. The van der Waals surface area contributed by atoms with Crippen LogP contribution in [0.15, 0.2) is 79.0 Å². The van der Waals surface area contributed by atoms with E-state index in [4.69, 9.17) is 11.6 Å². The van der Waals surface area contributed by atoms with E-state index in [9.17, 15) is 19.1 Å². The molecule has 4 rings (SSSR count). The molecule has 0 radical (unpaired) electrons. The van der Waals surface area contributed by atoms with Gasteiger partial charge in [-0.1, -0.05) is 66.2 Å². The van der Waals surface area contributed by atoms with Crippen LogP contribution in [-0.4, -0.2) is 28.0 Å². The summed E-state index contributed by atoms with van der Waals surface area (Å²) < 4.78 is 13.4. The Morgan fingerprint density at radius 2 is 1.66 bits per heavy atom. The van der Waals surface area contributed by atoms with E-state index in [2.05, 4.69) is 10.3 Å². The smallest absolute Gasteiger partial charge is 0.326 e. The first-order valence-electron chi connectivity index (χ1n) is 9.83. The Morgan fingerprint density at radius 3 is 2.34 bits per heavy atom. The Hall–Kier alpha value is -3.77.